The third kappa shape index (κ3) is 1.97. The molecule has 2 rings (SSSR count). The highest BCUT2D eigenvalue weighted by Crippen LogP contribution is 2.22. The maximum atomic E-state index is 13.3. The smallest absolute Gasteiger partial charge is 0.172 e. The second kappa shape index (κ2) is 3.95. The Kier molecular flexibility index (Phi) is 2.64. The number of Topliss-reactive ketones (excluding diaryl/α,β-unsaturated/α-hetero) is 1. The van der Waals surface area contributed by atoms with Crippen molar-refractivity contribution < 1.29 is 9.18 Å². The molecule has 0 saturated heterocycles. The van der Waals surface area contributed by atoms with Crippen LogP contribution in [0.3, 0.4) is 0 Å². The fourth-order valence-electron chi connectivity index (χ4n) is 1.78. The summed E-state index contributed by atoms with van der Waals surface area (Å²) in [7, 11) is 0. The molecule has 3 heteroatoms. The van der Waals surface area contributed by atoms with E-state index < -0.39 is 5.82 Å². The number of ketones is 1. The van der Waals surface area contributed by atoms with E-state index in [1.807, 2.05) is 0 Å². The van der Waals surface area contributed by atoms with Gasteiger partial charge in [0.15, 0.2) is 5.78 Å². The second-order valence-electron chi connectivity index (χ2n) is 3.74. The first kappa shape index (κ1) is 10.1. The average Bonchev–Trinajstić information content (AvgIpc) is 2.65. The van der Waals surface area contributed by atoms with Gasteiger partial charge < -0.3 is 5.73 Å². The number of allylic oxidation sites excluding steroid dienone is 1. The van der Waals surface area contributed by atoms with Crippen LogP contribution in [0.2, 0.25) is 0 Å². The molecular weight excluding hydrogens is 193 g/mol. The predicted octanol–water partition coefficient (Wildman–Crippen LogP) is 1.91. The number of halogens is 1. The first-order valence-electron chi connectivity index (χ1n) is 4.91. The molecule has 0 heterocycles. The third-order valence-corrected chi connectivity index (χ3v) is 2.59. The van der Waals surface area contributed by atoms with Crippen molar-refractivity contribution in [1.82, 2.24) is 0 Å². The molecule has 0 aliphatic heterocycles. The number of hydrogen-bond donors (Lipinski definition) is 1. The van der Waals surface area contributed by atoms with Gasteiger partial charge in [-0.15, -0.1) is 0 Å². The minimum atomic E-state index is -0.462. The molecule has 78 valence electrons. The second-order valence-corrected chi connectivity index (χ2v) is 3.74. The molecule has 0 radical (unpaired) electrons. The summed E-state index contributed by atoms with van der Waals surface area (Å²) in [5, 5.41) is 0. The van der Waals surface area contributed by atoms with E-state index in [4.69, 9.17) is 5.73 Å². The molecule has 2 atom stereocenters. The van der Waals surface area contributed by atoms with E-state index >= 15 is 0 Å². The van der Waals surface area contributed by atoms with Gasteiger partial charge in [-0.25, -0.2) is 4.39 Å². The number of hydrogen-bond acceptors (Lipinski definition) is 2. The SMILES string of the molecule is NC1C=CC(C(=O)c2ccccc2F)C1. The molecule has 1 aliphatic carbocycles. The minimum Gasteiger partial charge on any atom is -0.324 e. The molecule has 1 aliphatic rings. The molecule has 2 nitrogen and oxygen atoms in total. The summed E-state index contributed by atoms with van der Waals surface area (Å²) in [6.07, 6.45) is 4.13. The largest absolute Gasteiger partial charge is 0.324 e. The molecule has 15 heavy (non-hydrogen) atoms. The van der Waals surface area contributed by atoms with E-state index in [-0.39, 0.29) is 23.3 Å². The first-order valence-corrected chi connectivity index (χ1v) is 4.91. The Morgan fingerprint density at radius 3 is 2.67 bits per heavy atom. The van der Waals surface area contributed by atoms with Crippen molar-refractivity contribution >= 4 is 5.78 Å². The Morgan fingerprint density at radius 2 is 2.07 bits per heavy atom. The van der Waals surface area contributed by atoms with E-state index in [1.54, 1.807) is 24.3 Å². The van der Waals surface area contributed by atoms with Crippen LogP contribution in [0.4, 0.5) is 4.39 Å². The molecule has 0 saturated carbocycles. The summed E-state index contributed by atoms with van der Waals surface area (Å²) in [6, 6.07) is 5.96. The zero-order valence-corrected chi connectivity index (χ0v) is 8.19. The van der Waals surface area contributed by atoms with Gasteiger partial charge in [0.05, 0.1) is 5.56 Å². The van der Waals surface area contributed by atoms with Crippen LogP contribution in [0.25, 0.3) is 0 Å². The van der Waals surface area contributed by atoms with Gasteiger partial charge in [0.2, 0.25) is 0 Å². The lowest BCUT2D eigenvalue weighted by molar-refractivity contribution is 0.0939. The van der Waals surface area contributed by atoms with Crippen LogP contribution in [0, 0.1) is 11.7 Å². The predicted molar refractivity (Wildman–Crippen MR) is 56.0 cm³/mol. The Hall–Kier alpha value is -1.48. The summed E-state index contributed by atoms with van der Waals surface area (Å²) in [6.45, 7) is 0. The van der Waals surface area contributed by atoms with Crippen molar-refractivity contribution in [1.29, 1.82) is 0 Å². The van der Waals surface area contributed by atoms with Crippen molar-refractivity contribution in [2.45, 2.75) is 12.5 Å². The van der Waals surface area contributed by atoms with Crippen LogP contribution in [0.1, 0.15) is 16.8 Å². The van der Waals surface area contributed by atoms with E-state index in [9.17, 15) is 9.18 Å². The molecule has 1 aromatic carbocycles. The Labute approximate surface area is 87.6 Å². The quantitative estimate of drug-likeness (QED) is 0.592. The van der Waals surface area contributed by atoms with Gasteiger partial charge in [-0.2, -0.15) is 0 Å². The summed E-state index contributed by atoms with van der Waals surface area (Å²) in [4.78, 5) is 11.9. The molecule has 0 bridgehead atoms. The van der Waals surface area contributed by atoms with Crippen molar-refractivity contribution in [2.24, 2.45) is 11.7 Å². The van der Waals surface area contributed by atoms with Gasteiger partial charge in [-0.1, -0.05) is 24.3 Å². The monoisotopic (exact) mass is 205 g/mol. The third-order valence-electron chi connectivity index (χ3n) is 2.59. The van der Waals surface area contributed by atoms with Crippen LogP contribution in [0.15, 0.2) is 36.4 Å². The van der Waals surface area contributed by atoms with Crippen molar-refractivity contribution in [3.63, 3.8) is 0 Å². The van der Waals surface area contributed by atoms with Crippen LogP contribution < -0.4 is 5.73 Å². The molecule has 0 amide bonds. The molecule has 0 aromatic heterocycles. The lowest BCUT2D eigenvalue weighted by Crippen LogP contribution is -2.19. The maximum Gasteiger partial charge on any atom is 0.172 e. The van der Waals surface area contributed by atoms with Crippen LogP contribution in [-0.2, 0) is 0 Å². The van der Waals surface area contributed by atoms with Gasteiger partial charge >= 0.3 is 0 Å². The Bertz CT molecular complexity index is 414. The number of rotatable bonds is 2. The summed E-state index contributed by atoms with van der Waals surface area (Å²) < 4.78 is 13.3. The molecule has 0 fully saturated rings. The Morgan fingerprint density at radius 1 is 1.33 bits per heavy atom. The number of carbonyl (C=O) groups excluding carboxylic acids is 1. The molecule has 2 N–H and O–H groups in total. The van der Waals surface area contributed by atoms with E-state index in [0.717, 1.165) is 0 Å². The minimum absolute atomic E-state index is 0.0780. The average molecular weight is 205 g/mol. The maximum absolute atomic E-state index is 13.3. The van der Waals surface area contributed by atoms with Crippen LogP contribution in [-0.4, -0.2) is 11.8 Å². The van der Waals surface area contributed by atoms with Gasteiger partial charge in [-0.3, -0.25) is 4.79 Å². The molecule has 1 aromatic rings. The topological polar surface area (TPSA) is 43.1 Å². The lowest BCUT2D eigenvalue weighted by atomic mass is 9.96. The van der Waals surface area contributed by atoms with Gasteiger partial charge in [-0.05, 0) is 18.6 Å². The molecule has 2 unspecified atom stereocenters. The number of carbonyl (C=O) groups is 1. The first-order chi connectivity index (χ1) is 7.18. The van der Waals surface area contributed by atoms with E-state index in [1.165, 1.54) is 12.1 Å². The lowest BCUT2D eigenvalue weighted by Gasteiger charge is -2.08. The van der Waals surface area contributed by atoms with Crippen molar-refractivity contribution in [3.8, 4) is 0 Å². The van der Waals surface area contributed by atoms with E-state index in [2.05, 4.69) is 0 Å². The summed E-state index contributed by atoms with van der Waals surface area (Å²) in [5.74, 6) is -0.912. The summed E-state index contributed by atoms with van der Waals surface area (Å²) in [5.41, 5.74) is 5.80. The Balaban J connectivity index is 2.22. The summed E-state index contributed by atoms with van der Waals surface area (Å²) >= 11 is 0. The molecule has 0 spiro atoms. The van der Waals surface area contributed by atoms with Crippen molar-refractivity contribution in [3.05, 3.63) is 47.8 Å². The fraction of sp³-hybridized carbons (Fsp3) is 0.250. The normalized spacial score (nSPS) is 24.4. The molecular formula is C12H12FNO. The fourth-order valence-corrected chi connectivity index (χ4v) is 1.78. The van der Waals surface area contributed by atoms with E-state index in [0.29, 0.717) is 6.42 Å². The van der Waals surface area contributed by atoms with Gasteiger partial charge in [0.1, 0.15) is 5.82 Å². The highest BCUT2D eigenvalue weighted by molar-refractivity contribution is 5.99. The highest BCUT2D eigenvalue weighted by Gasteiger charge is 2.25. The number of nitrogens with two attached hydrogens (primary N) is 1. The standard InChI is InChI=1S/C12H12FNO/c13-11-4-2-1-3-10(11)12(15)8-5-6-9(14)7-8/h1-6,8-9H,7,14H2. The van der Waals surface area contributed by atoms with Gasteiger partial charge in [0, 0.05) is 12.0 Å². The zero-order chi connectivity index (χ0) is 10.8. The van der Waals surface area contributed by atoms with Crippen molar-refractivity contribution in [2.75, 3.05) is 0 Å². The van der Waals surface area contributed by atoms with Crippen LogP contribution >= 0.6 is 0 Å². The number of benzene rings is 1. The highest BCUT2D eigenvalue weighted by atomic mass is 19.1. The zero-order valence-electron chi connectivity index (χ0n) is 8.19. The van der Waals surface area contributed by atoms with Gasteiger partial charge in [0.25, 0.3) is 0 Å². The van der Waals surface area contributed by atoms with Crippen LogP contribution in [0.5, 0.6) is 0 Å².